The maximum atomic E-state index is 14.1. The van der Waals surface area contributed by atoms with Gasteiger partial charge in [0.05, 0.1) is 29.8 Å². The summed E-state index contributed by atoms with van der Waals surface area (Å²) in [6.45, 7) is 4.52. The van der Waals surface area contributed by atoms with E-state index in [0.717, 1.165) is 29.8 Å². The van der Waals surface area contributed by atoms with Gasteiger partial charge in [-0.3, -0.25) is 9.36 Å². The van der Waals surface area contributed by atoms with Gasteiger partial charge in [-0.25, -0.2) is 9.07 Å². The Bertz CT molecular complexity index is 1670. The van der Waals surface area contributed by atoms with Gasteiger partial charge in [-0.1, -0.05) is 79.7 Å². The molecule has 1 atom stereocenters. The van der Waals surface area contributed by atoms with Crippen LogP contribution in [0, 0.1) is 5.82 Å². The van der Waals surface area contributed by atoms with Crippen LogP contribution < -0.4 is 10.1 Å². The molecule has 44 heavy (non-hydrogen) atoms. The first kappa shape index (κ1) is 31.0. The van der Waals surface area contributed by atoms with E-state index in [1.165, 1.54) is 23.4 Å². The third-order valence-electron chi connectivity index (χ3n) is 6.88. The summed E-state index contributed by atoms with van der Waals surface area (Å²) in [5.41, 5.74) is 3.83. The summed E-state index contributed by atoms with van der Waals surface area (Å²) in [5, 5.41) is 17.0. The monoisotopic (exact) mass is 614 g/mol. The number of carbonyl (C=O) groups is 1. The average Bonchev–Trinajstić information content (AvgIpc) is 3.65. The molecule has 9 nitrogen and oxygen atoms in total. The minimum atomic E-state index is -0.457. The van der Waals surface area contributed by atoms with Crippen molar-refractivity contribution in [2.75, 3.05) is 24.8 Å². The molecule has 0 aliphatic carbocycles. The smallest absolute Gasteiger partial charge is 0.236 e. The van der Waals surface area contributed by atoms with Gasteiger partial charge in [0.1, 0.15) is 12.4 Å². The summed E-state index contributed by atoms with van der Waals surface area (Å²) in [6.07, 6.45) is 2.11. The van der Waals surface area contributed by atoms with Crippen LogP contribution in [0.4, 0.5) is 10.2 Å². The van der Waals surface area contributed by atoms with E-state index in [-0.39, 0.29) is 30.1 Å². The van der Waals surface area contributed by atoms with Gasteiger partial charge < -0.3 is 14.8 Å². The quantitative estimate of drug-likeness (QED) is 0.138. The fourth-order valence-electron chi connectivity index (χ4n) is 4.78. The van der Waals surface area contributed by atoms with Crippen LogP contribution in [0.5, 0.6) is 5.75 Å². The van der Waals surface area contributed by atoms with E-state index < -0.39 is 5.82 Å². The van der Waals surface area contributed by atoms with Gasteiger partial charge in [0.2, 0.25) is 5.91 Å². The van der Waals surface area contributed by atoms with Crippen LogP contribution in [0.1, 0.15) is 37.7 Å². The van der Waals surface area contributed by atoms with E-state index in [4.69, 9.17) is 14.6 Å². The molecule has 0 fully saturated rings. The summed E-state index contributed by atoms with van der Waals surface area (Å²) in [5.74, 6) is 0.574. The molecule has 0 saturated carbocycles. The van der Waals surface area contributed by atoms with E-state index in [1.807, 2.05) is 47.9 Å². The minimum Gasteiger partial charge on any atom is -0.483 e. The molecule has 2 aromatic heterocycles. The maximum Gasteiger partial charge on any atom is 0.236 e. The van der Waals surface area contributed by atoms with Crippen LogP contribution in [0.25, 0.3) is 16.9 Å². The number of para-hydroxylation sites is 2. The third kappa shape index (κ3) is 7.53. The number of halogens is 1. The maximum absolute atomic E-state index is 14.1. The van der Waals surface area contributed by atoms with Crippen molar-refractivity contribution in [1.82, 2.24) is 24.5 Å². The standard InChI is InChI=1S/C33H35FN6O3S/c1-4-10-24-15-17-25(18-16-24)28-19-30(40(38-28)26-11-6-5-7-12-26)35-32(41)22-44-33-37-36-31(39(33)23(2)20-42-3)21-43-29-14-9-8-13-27(29)34/h5-9,11-19,23H,4,10,20-22H2,1-3H3,(H,35,41)/t23-/m1/s1. The zero-order valence-corrected chi connectivity index (χ0v) is 25.8. The number of thioether (sulfide) groups is 1. The number of rotatable bonds is 14. The van der Waals surface area contributed by atoms with Gasteiger partial charge >= 0.3 is 0 Å². The van der Waals surface area contributed by atoms with Crippen molar-refractivity contribution in [1.29, 1.82) is 0 Å². The number of aryl methyl sites for hydroxylation is 1. The molecular weight excluding hydrogens is 579 g/mol. The van der Waals surface area contributed by atoms with E-state index >= 15 is 0 Å². The molecule has 0 bridgehead atoms. The lowest BCUT2D eigenvalue weighted by Crippen LogP contribution is -2.19. The minimum absolute atomic E-state index is 0.00715. The lowest BCUT2D eigenvalue weighted by molar-refractivity contribution is -0.113. The Labute approximate surface area is 260 Å². The van der Waals surface area contributed by atoms with Gasteiger partial charge in [-0.2, -0.15) is 5.10 Å². The van der Waals surface area contributed by atoms with Crippen LogP contribution in [0.3, 0.4) is 0 Å². The molecule has 228 valence electrons. The number of aromatic nitrogens is 5. The van der Waals surface area contributed by atoms with Gasteiger partial charge in [-0.05, 0) is 43.2 Å². The Morgan fingerprint density at radius 2 is 1.77 bits per heavy atom. The molecule has 3 aromatic carbocycles. The first-order chi connectivity index (χ1) is 21.5. The van der Waals surface area contributed by atoms with Crippen molar-refractivity contribution in [3.05, 3.63) is 102 Å². The number of ether oxygens (including phenoxy) is 2. The molecule has 0 aliphatic rings. The number of carbonyl (C=O) groups excluding carboxylic acids is 1. The van der Waals surface area contributed by atoms with Crippen molar-refractivity contribution in [2.24, 2.45) is 0 Å². The SMILES string of the molecule is CCCc1ccc(-c2cc(NC(=O)CSc3nnc(COc4ccccc4F)n3[C@H](C)COC)n(-c3ccccc3)n2)cc1. The van der Waals surface area contributed by atoms with Gasteiger partial charge in [0, 0.05) is 18.7 Å². The number of hydrogen-bond donors (Lipinski definition) is 1. The number of anilines is 1. The number of nitrogens with one attached hydrogen (secondary N) is 1. The van der Waals surface area contributed by atoms with Crippen LogP contribution in [0.2, 0.25) is 0 Å². The average molecular weight is 615 g/mol. The summed E-state index contributed by atoms with van der Waals surface area (Å²) in [4.78, 5) is 13.3. The zero-order valence-electron chi connectivity index (χ0n) is 24.9. The summed E-state index contributed by atoms with van der Waals surface area (Å²) in [6, 6.07) is 26.0. The summed E-state index contributed by atoms with van der Waals surface area (Å²) in [7, 11) is 1.61. The lowest BCUT2D eigenvalue weighted by Gasteiger charge is -2.17. The van der Waals surface area contributed by atoms with Crippen molar-refractivity contribution in [3.8, 4) is 22.7 Å². The van der Waals surface area contributed by atoms with E-state index in [1.54, 1.807) is 30.0 Å². The van der Waals surface area contributed by atoms with Crippen molar-refractivity contribution < 1.29 is 18.7 Å². The van der Waals surface area contributed by atoms with Gasteiger partial charge in [0.15, 0.2) is 22.5 Å². The van der Waals surface area contributed by atoms with Crippen LogP contribution in [-0.4, -0.2) is 49.9 Å². The van der Waals surface area contributed by atoms with Crippen LogP contribution >= 0.6 is 11.8 Å². The highest BCUT2D eigenvalue weighted by Crippen LogP contribution is 2.27. The topological polar surface area (TPSA) is 96.1 Å². The second kappa shape index (κ2) is 14.8. The Hall–Kier alpha value is -4.48. The van der Waals surface area contributed by atoms with Crippen molar-refractivity contribution in [2.45, 2.75) is 44.5 Å². The Morgan fingerprint density at radius 3 is 2.50 bits per heavy atom. The molecule has 5 rings (SSSR count). The summed E-state index contributed by atoms with van der Waals surface area (Å²) >= 11 is 1.25. The van der Waals surface area contributed by atoms with Crippen molar-refractivity contribution >= 4 is 23.5 Å². The summed E-state index contributed by atoms with van der Waals surface area (Å²) < 4.78 is 28.7. The first-order valence-corrected chi connectivity index (χ1v) is 15.4. The van der Waals surface area contributed by atoms with Gasteiger partial charge in [0.25, 0.3) is 0 Å². The van der Waals surface area contributed by atoms with E-state index in [9.17, 15) is 9.18 Å². The van der Waals surface area contributed by atoms with E-state index in [0.29, 0.717) is 23.4 Å². The molecule has 0 aliphatic heterocycles. The number of benzene rings is 3. The fraction of sp³-hybridized carbons (Fsp3) is 0.273. The molecule has 2 heterocycles. The predicted molar refractivity (Wildman–Crippen MR) is 170 cm³/mol. The number of methoxy groups -OCH3 is 1. The molecule has 1 N–H and O–H groups in total. The van der Waals surface area contributed by atoms with Crippen LogP contribution in [0.15, 0.2) is 90.1 Å². The normalized spacial score (nSPS) is 11.8. The highest BCUT2D eigenvalue weighted by atomic mass is 32.2. The molecular formula is C33H35FN6O3S. The Balaban J connectivity index is 1.32. The lowest BCUT2D eigenvalue weighted by atomic mass is 10.1. The molecule has 0 spiro atoms. The predicted octanol–water partition coefficient (Wildman–Crippen LogP) is 6.74. The molecule has 11 heteroatoms. The molecule has 0 unspecified atom stereocenters. The van der Waals surface area contributed by atoms with E-state index in [2.05, 4.69) is 46.7 Å². The van der Waals surface area contributed by atoms with Gasteiger partial charge in [-0.15, -0.1) is 10.2 Å². The number of hydrogen-bond acceptors (Lipinski definition) is 7. The Morgan fingerprint density at radius 1 is 1.02 bits per heavy atom. The highest BCUT2D eigenvalue weighted by Gasteiger charge is 2.21. The largest absolute Gasteiger partial charge is 0.483 e. The molecule has 0 radical (unpaired) electrons. The number of amides is 1. The fourth-order valence-corrected chi connectivity index (χ4v) is 5.64. The van der Waals surface area contributed by atoms with Crippen molar-refractivity contribution in [3.63, 3.8) is 0 Å². The van der Waals surface area contributed by atoms with Crippen LogP contribution in [-0.2, 0) is 22.6 Å². The molecule has 1 amide bonds. The second-order valence-electron chi connectivity index (χ2n) is 10.2. The first-order valence-electron chi connectivity index (χ1n) is 14.4. The second-order valence-corrected chi connectivity index (χ2v) is 11.2. The Kier molecular flexibility index (Phi) is 10.4. The zero-order chi connectivity index (χ0) is 30.9. The molecule has 5 aromatic rings. The highest BCUT2D eigenvalue weighted by molar-refractivity contribution is 7.99. The number of nitrogens with zero attached hydrogens (tertiary/aromatic N) is 5. The third-order valence-corrected chi connectivity index (χ3v) is 7.82. The molecule has 0 saturated heterocycles.